The zero-order chi connectivity index (χ0) is 21.8. The lowest BCUT2D eigenvalue weighted by Gasteiger charge is -2.16. The van der Waals surface area contributed by atoms with Crippen molar-refractivity contribution in [2.75, 3.05) is 24.2 Å². The SMILES string of the molecule is CNCC[C@H](C)Nc1nc(-c2ccncc2F)nc2c(Nc3ccccc3F)csc12. The lowest BCUT2D eigenvalue weighted by atomic mass is 10.2. The highest BCUT2D eigenvalue weighted by Gasteiger charge is 2.18. The molecule has 3 heterocycles. The Labute approximate surface area is 182 Å². The van der Waals surface area contributed by atoms with Crippen molar-refractivity contribution in [3.05, 3.63) is 59.7 Å². The minimum Gasteiger partial charge on any atom is -0.366 e. The van der Waals surface area contributed by atoms with Gasteiger partial charge in [0.2, 0.25) is 0 Å². The van der Waals surface area contributed by atoms with Crippen molar-refractivity contribution in [1.82, 2.24) is 20.3 Å². The van der Waals surface area contributed by atoms with Crippen molar-refractivity contribution in [3.8, 4) is 11.4 Å². The molecule has 160 valence electrons. The van der Waals surface area contributed by atoms with Crippen molar-refractivity contribution in [2.24, 2.45) is 0 Å². The first kappa shape index (κ1) is 21.1. The van der Waals surface area contributed by atoms with E-state index in [4.69, 9.17) is 0 Å². The van der Waals surface area contributed by atoms with Crippen LogP contribution in [-0.4, -0.2) is 34.6 Å². The number of pyridine rings is 1. The predicted molar refractivity (Wildman–Crippen MR) is 122 cm³/mol. The summed E-state index contributed by atoms with van der Waals surface area (Å²) in [6.07, 6.45) is 3.52. The minimum atomic E-state index is -0.505. The zero-order valence-electron chi connectivity index (χ0n) is 17.1. The van der Waals surface area contributed by atoms with E-state index in [1.807, 2.05) is 12.4 Å². The maximum atomic E-state index is 14.4. The quantitative estimate of drug-likeness (QED) is 0.350. The van der Waals surface area contributed by atoms with E-state index in [2.05, 4.69) is 37.8 Å². The smallest absolute Gasteiger partial charge is 0.165 e. The van der Waals surface area contributed by atoms with Gasteiger partial charge in [0.25, 0.3) is 0 Å². The number of benzene rings is 1. The van der Waals surface area contributed by atoms with Crippen LogP contribution in [0.25, 0.3) is 21.6 Å². The first-order valence-electron chi connectivity index (χ1n) is 9.88. The van der Waals surface area contributed by atoms with Gasteiger partial charge in [-0.2, -0.15) is 0 Å². The second-order valence-corrected chi connectivity index (χ2v) is 8.00. The highest BCUT2D eigenvalue weighted by molar-refractivity contribution is 7.18. The Hall–Kier alpha value is -3.17. The molecule has 0 unspecified atom stereocenters. The number of rotatable bonds is 8. The summed E-state index contributed by atoms with van der Waals surface area (Å²) >= 11 is 1.45. The van der Waals surface area contributed by atoms with Crippen molar-refractivity contribution >= 4 is 38.7 Å². The van der Waals surface area contributed by atoms with Gasteiger partial charge in [-0.1, -0.05) is 12.1 Å². The largest absolute Gasteiger partial charge is 0.366 e. The fourth-order valence-corrected chi connectivity index (χ4v) is 4.05. The number of halogens is 2. The molecule has 9 heteroatoms. The number of anilines is 3. The van der Waals surface area contributed by atoms with E-state index in [-0.39, 0.29) is 23.2 Å². The first-order chi connectivity index (χ1) is 15.1. The number of fused-ring (bicyclic) bond motifs is 1. The van der Waals surface area contributed by atoms with Gasteiger partial charge in [-0.3, -0.25) is 4.98 Å². The molecule has 1 aromatic carbocycles. The Kier molecular flexibility index (Phi) is 6.34. The molecule has 0 saturated heterocycles. The lowest BCUT2D eigenvalue weighted by molar-refractivity contribution is 0.623. The van der Waals surface area contributed by atoms with Gasteiger partial charge < -0.3 is 16.0 Å². The average molecular weight is 441 g/mol. The minimum absolute atomic E-state index is 0.130. The maximum Gasteiger partial charge on any atom is 0.165 e. The Morgan fingerprint density at radius 1 is 1.06 bits per heavy atom. The third-order valence-electron chi connectivity index (χ3n) is 4.78. The van der Waals surface area contributed by atoms with Gasteiger partial charge in [-0.15, -0.1) is 11.3 Å². The van der Waals surface area contributed by atoms with Gasteiger partial charge in [0.1, 0.15) is 17.2 Å². The number of thiophene rings is 1. The van der Waals surface area contributed by atoms with Crippen molar-refractivity contribution < 1.29 is 8.78 Å². The van der Waals surface area contributed by atoms with Crippen LogP contribution in [0.3, 0.4) is 0 Å². The Balaban J connectivity index is 1.80. The molecule has 6 nitrogen and oxygen atoms in total. The highest BCUT2D eigenvalue weighted by atomic mass is 32.1. The molecule has 3 aromatic heterocycles. The molecule has 4 rings (SSSR count). The van der Waals surface area contributed by atoms with Crippen LogP contribution in [0.5, 0.6) is 0 Å². The van der Waals surface area contributed by atoms with Crippen LogP contribution in [0, 0.1) is 11.6 Å². The molecule has 0 fully saturated rings. The van der Waals surface area contributed by atoms with Gasteiger partial charge in [0, 0.05) is 17.6 Å². The average Bonchev–Trinajstić information content (AvgIpc) is 3.17. The van der Waals surface area contributed by atoms with Crippen molar-refractivity contribution in [2.45, 2.75) is 19.4 Å². The summed E-state index contributed by atoms with van der Waals surface area (Å²) in [7, 11) is 1.90. The van der Waals surface area contributed by atoms with Gasteiger partial charge in [0.05, 0.1) is 27.8 Å². The molecule has 1 atom stereocenters. The van der Waals surface area contributed by atoms with E-state index >= 15 is 0 Å². The van der Waals surface area contributed by atoms with Crippen molar-refractivity contribution in [1.29, 1.82) is 0 Å². The van der Waals surface area contributed by atoms with E-state index < -0.39 is 5.82 Å². The molecule has 0 aliphatic carbocycles. The van der Waals surface area contributed by atoms with E-state index in [0.717, 1.165) is 23.9 Å². The number of hydrogen-bond donors (Lipinski definition) is 3. The third kappa shape index (κ3) is 4.62. The number of aromatic nitrogens is 3. The van der Waals surface area contributed by atoms with Gasteiger partial charge in [0.15, 0.2) is 11.6 Å². The molecule has 0 bridgehead atoms. The number of para-hydroxylation sites is 1. The molecule has 0 spiro atoms. The Morgan fingerprint density at radius 2 is 1.90 bits per heavy atom. The van der Waals surface area contributed by atoms with E-state index in [9.17, 15) is 8.78 Å². The summed E-state index contributed by atoms with van der Waals surface area (Å²) < 4.78 is 29.4. The summed E-state index contributed by atoms with van der Waals surface area (Å²) in [4.78, 5) is 13.0. The van der Waals surface area contributed by atoms with Crippen LogP contribution in [0.2, 0.25) is 0 Å². The van der Waals surface area contributed by atoms with Crippen LogP contribution in [0.15, 0.2) is 48.1 Å². The number of hydrogen-bond acceptors (Lipinski definition) is 7. The summed E-state index contributed by atoms with van der Waals surface area (Å²) in [5.74, 6) is -0.0117. The normalized spacial score (nSPS) is 12.1. The summed E-state index contributed by atoms with van der Waals surface area (Å²) in [5.41, 5.74) is 1.83. The molecule has 0 radical (unpaired) electrons. The molecule has 0 aliphatic rings. The van der Waals surface area contributed by atoms with Crippen LogP contribution in [-0.2, 0) is 0 Å². The fourth-order valence-electron chi connectivity index (χ4n) is 3.16. The Morgan fingerprint density at radius 3 is 2.68 bits per heavy atom. The van der Waals surface area contributed by atoms with Gasteiger partial charge >= 0.3 is 0 Å². The molecule has 0 saturated carbocycles. The summed E-state index contributed by atoms with van der Waals surface area (Å²) in [6, 6.07) is 8.10. The standard InChI is InChI=1S/C22H22F2N6S/c1-13(7-9-25-2)27-22-20-19(29-21(30-22)14-8-10-26-11-16(14)24)18(12-31-20)28-17-6-4-3-5-15(17)23/h3-6,8,10-13,25,28H,7,9H2,1-2H3,(H,27,29,30)/t13-/m0/s1. The molecular formula is C22H22F2N6S. The van der Waals surface area contributed by atoms with E-state index in [1.165, 1.54) is 23.6 Å². The number of nitrogens with zero attached hydrogens (tertiary/aromatic N) is 3. The molecule has 31 heavy (non-hydrogen) atoms. The van der Waals surface area contributed by atoms with Gasteiger partial charge in [-0.05, 0) is 45.1 Å². The second kappa shape index (κ2) is 9.32. The Bertz CT molecular complexity index is 1200. The number of nitrogens with one attached hydrogen (secondary N) is 3. The van der Waals surface area contributed by atoms with E-state index in [1.54, 1.807) is 24.3 Å². The van der Waals surface area contributed by atoms with E-state index in [0.29, 0.717) is 22.7 Å². The molecule has 4 aromatic rings. The topological polar surface area (TPSA) is 74.8 Å². The highest BCUT2D eigenvalue weighted by Crippen LogP contribution is 2.37. The summed E-state index contributed by atoms with van der Waals surface area (Å²) in [5, 5.41) is 11.5. The molecule has 0 amide bonds. The van der Waals surface area contributed by atoms with Gasteiger partial charge in [-0.25, -0.2) is 18.7 Å². The second-order valence-electron chi connectivity index (χ2n) is 7.12. The van der Waals surface area contributed by atoms with Crippen LogP contribution < -0.4 is 16.0 Å². The predicted octanol–water partition coefficient (Wildman–Crippen LogP) is 5.19. The van der Waals surface area contributed by atoms with Crippen molar-refractivity contribution in [3.63, 3.8) is 0 Å². The maximum absolute atomic E-state index is 14.4. The molecular weight excluding hydrogens is 418 g/mol. The zero-order valence-corrected chi connectivity index (χ0v) is 17.9. The van der Waals surface area contributed by atoms with Crippen LogP contribution in [0.4, 0.5) is 26.0 Å². The fraction of sp³-hybridized carbons (Fsp3) is 0.227. The summed E-state index contributed by atoms with van der Waals surface area (Å²) in [6.45, 7) is 2.91. The monoisotopic (exact) mass is 440 g/mol. The van der Waals surface area contributed by atoms with Crippen LogP contribution >= 0.6 is 11.3 Å². The van der Waals surface area contributed by atoms with Crippen LogP contribution in [0.1, 0.15) is 13.3 Å². The third-order valence-corrected chi connectivity index (χ3v) is 5.76. The lowest BCUT2D eigenvalue weighted by Crippen LogP contribution is -2.22. The first-order valence-corrected chi connectivity index (χ1v) is 10.8. The molecule has 3 N–H and O–H groups in total. The molecule has 0 aliphatic heterocycles.